The average Bonchev–Trinajstić information content (AvgIpc) is 2.91. The molecule has 3 aromatic rings. The Labute approximate surface area is 211 Å². The quantitative estimate of drug-likeness (QED) is 0.237. The molecule has 4 rings (SSSR count). The van der Waals surface area contributed by atoms with E-state index >= 15 is 0 Å². The van der Waals surface area contributed by atoms with Gasteiger partial charge in [0, 0.05) is 25.3 Å². The number of aryl methyl sites for hydroxylation is 2. The predicted molar refractivity (Wildman–Crippen MR) is 141 cm³/mol. The van der Waals surface area contributed by atoms with Gasteiger partial charge in [-0.15, -0.1) is 0 Å². The summed E-state index contributed by atoms with van der Waals surface area (Å²) in [4.78, 5) is 22.1. The number of hydrogen-bond acceptors (Lipinski definition) is 4. The average molecular weight is 483 g/mol. The van der Waals surface area contributed by atoms with Crippen molar-refractivity contribution in [2.75, 3.05) is 32.1 Å². The summed E-state index contributed by atoms with van der Waals surface area (Å²) < 4.78 is 5.28. The molecule has 1 heterocycles. The molecule has 3 aromatic carbocycles. The van der Waals surface area contributed by atoms with Crippen molar-refractivity contribution in [3.63, 3.8) is 0 Å². The zero-order valence-corrected chi connectivity index (χ0v) is 20.7. The van der Waals surface area contributed by atoms with Gasteiger partial charge in [-0.1, -0.05) is 48.5 Å². The molecule has 1 atom stereocenters. The highest BCUT2D eigenvalue weighted by molar-refractivity contribution is 5.91. The van der Waals surface area contributed by atoms with E-state index < -0.39 is 0 Å². The molecule has 1 aliphatic heterocycles. The number of hydrogen-bond donors (Lipinski definition) is 2. The number of nitriles is 1. The summed E-state index contributed by atoms with van der Waals surface area (Å²) in [5.74, 6) is 1.21. The lowest BCUT2D eigenvalue weighted by Crippen LogP contribution is -2.55. The number of carbonyl (C=O) groups excluding carboxylic acids is 1. The van der Waals surface area contributed by atoms with Crippen molar-refractivity contribution in [3.05, 3.63) is 89.5 Å². The van der Waals surface area contributed by atoms with E-state index in [1.165, 1.54) is 0 Å². The third-order valence-electron chi connectivity index (χ3n) is 6.31. The number of piperazine rings is 1. The zero-order chi connectivity index (χ0) is 25.5. The summed E-state index contributed by atoms with van der Waals surface area (Å²) in [5.41, 5.74) is 4.48. The fraction of sp³-hybridized carbons (Fsp3) is 0.250. The van der Waals surface area contributed by atoms with Gasteiger partial charge in [0.2, 0.25) is 5.96 Å². The molecule has 0 spiro atoms. The third-order valence-corrected chi connectivity index (χ3v) is 6.31. The van der Waals surface area contributed by atoms with Gasteiger partial charge in [-0.05, 0) is 54.8 Å². The molecule has 184 valence electrons. The van der Waals surface area contributed by atoms with Crippen LogP contribution in [0.5, 0.6) is 5.75 Å². The molecule has 36 heavy (non-hydrogen) atoms. The fourth-order valence-corrected chi connectivity index (χ4v) is 4.30. The lowest BCUT2D eigenvalue weighted by Gasteiger charge is -2.42. The van der Waals surface area contributed by atoms with Crippen LogP contribution in [-0.2, 0) is 0 Å². The van der Waals surface area contributed by atoms with Crippen molar-refractivity contribution in [1.29, 1.82) is 5.26 Å². The Morgan fingerprint density at radius 2 is 1.78 bits per heavy atom. The molecule has 0 radical (unpaired) electrons. The third kappa shape index (κ3) is 5.58. The number of nitrogens with zero attached hydrogens (tertiary/aromatic N) is 4. The molecule has 0 saturated carbocycles. The standard InChI is InChI=1S/C28H30N6O2/c1-20-9-7-8-12-24(20)31-27(30-19-29)33-15-16-34(26(18-33)22-10-5-4-6-11-22)28(35)32-25-14-13-23(36-3)17-21(25)2/h4-14,17,26H,15-16,18H2,1-3H3,(H,30,31)(H,32,35). The Balaban J connectivity index is 1.61. The first-order valence-corrected chi connectivity index (χ1v) is 11.8. The second-order valence-corrected chi connectivity index (χ2v) is 8.64. The largest absolute Gasteiger partial charge is 0.497 e. The van der Waals surface area contributed by atoms with E-state index in [0.29, 0.717) is 25.6 Å². The molecule has 0 aromatic heterocycles. The second-order valence-electron chi connectivity index (χ2n) is 8.64. The van der Waals surface area contributed by atoms with E-state index in [1.54, 1.807) is 7.11 Å². The summed E-state index contributed by atoms with van der Waals surface area (Å²) in [5, 5.41) is 15.2. The monoisotopic (exact) mass is 482 g/mol. The normalized spacial score (nSPS) is 15.7. The molecule has 1 saturated heterocycles. The summed E-state index contributed by atoms with van der Waals surface area (Å²) >= 11 is 0. The molecule has 1 aliphatic rings. The van der Waals surface area contributed by atoms with E-state index in [4.69, 9.17) is 9.73 Å². The van der Waals surface area contributed by atoms with E-state index in [9.17, 15) is 10.1 Å². The van der Waals surface area contributed by atoms with Gasteiger partial charge in [-0.25, -0.2) is 9.79 Å². The van der Waals surface area contributed by atoms with Crippen molar-refractivity contribution < 1.29 is 9.53 Å². The summed E-state index contributed by atoms with van der Waals surface area (Å²) in [6.45, 7) is 5.39. The number of aliphatic imine (C=N–C) groups is 1. The number of guanidine groups is 1. The van der Waals surface area contributed by atoms with Gasteiger partial charge >= 0.3 is 6.03 Å². The van der Waals surface area contributed by atoms with Crippen molar-refractivity contribution >= 4 is 23.4 Å². The lowest BCUT2D eigenvalue weighted by molar-refractivity contribution is 0.135. The molecule has 8 heteroatoms. The molecule has 2 N–H and O–H groups in total. The minimum atomic E-state index is -0.235. The van der Waals surface area contributed by atoms with Gasteiger partial charge in [0.1, 0.15) is 5.75 Å². The number of para-hydroxylation sites is 1. The molecule has 0 bridgehead atoms. The molecule has 0 aliphatic carbocycles. The summed E-state index contributed by atoms with van der Waals surface area (Å²) in [6.07, 6.45) is 2.02. The lowest BCUT2D eigenvalue weighted by atomic mass is 10.0. The van der Waals surface area contributed by atoms with Crippen LogP contribution in [0.3, 0.4) is 0 Å². The number of urea groups is 1. The van der Waals surface area contributed by atoms with Gasteiger partial charge in [-0.3, -0.25) is 5.32 Å². The minimum Gasteiger partial charge on any atom is -0.497 e. The number of anilines is 1. The Kier molecular flexibility index (Phi) is 7.71. The fourth-order valence-electron chi connectivity index (χ4n) is 4.30. The van der Waals surface area contributed by atoms with Gasteiger partial charge in [0.25, 0.3) is 0 Å². The highest BCUT2D eigenvalue weighted by Gasteiger charge is 2.33. The van der Waals surface area contributed by atoms with Crippen molar-refractivity contribution in [1.82, 2.24) is 15.1 Å². The molecule has 2 amide bonds. The van der Waals surface area contributed by atoms with Crippen LogP contribution >= 0.6 is 0 Å². The number of carbonyl (C=O) groups is 1. The molecule has 1 unspecified atom stereocenters. The maximum atomic E-state index is 13.5. The molecular weight excluding hydrogens is 452 g/mol. The number of benzene rings is 3. The highest BCUT2D eigenvalue weighted by atomic mass is 16.5. The number of methoxy groups -OCH3 is 1. The van der Waals surface area contributed by atoms with Gasteiger partial charge in [0.15, 0.2) is 6.19 Å². The second kappa shape index (κ2) is 11.3. The Bertz CT molecular complexity index is 1280. The molecular formula is C28H30N6O2. The number of ether oxygens (including phenoxy) is 1. The Morgan fingerprint density at radius 1 is 1.03 bits per heavy atom. The van der Waals surface area contributed by atoms with Crippen molar-refractivity contribution in [2.45, 2.75) is 19.9 Å². The van der Waals surface area contributed by atoms with Crippen LogP contribution in [-0.4, -0.2) is 48.5 Å². The number of nitrogens with one attached hydrogen (secondary N) is 2. The van der Waals surface area contributed by atoms with Crippen LogP contribution in [0.1, 0.15) is 22.7 Å². The van der Waals surface area contributed by atoms with Gasteiger partial charge in [-0.2, -0.15) is 5.26 Å². The first-order chi connectivity index (χ1) is 17.5. The van der Waals surface area contributed by atoms with E-state index in [0.717, 1.165) is 33.8 Å². The van der Waals surface area contributed by atoms with Crippen molar-refractivity contribution in [2.24, 2.45) is 4.99 Å². The smallest absolute Gasteiger partial charge is 0.322 e. The highest BCUT2D eigenvalue weighted by Crippen LogP contribution is 2.28. The molecule has 8 nitrogen and oxygen atoms in total. The van der Waals surface area contributed by atoms with E-state index in [1.807, 2.05) is 103 Å². The number of amides is 2. The number of rotatable bonds is 4. The predicted octanol–water partition coefficient (Wildman–Crippen LogP) is 4.96. The van der Waals surface area contributed by atoms with Crippen LogP contribution in [0.2, 0.25) is 0 Å². The first kappa shape index (κ1) is 24.6. The Morgan fingerprint density at radius 3 is 2.47 bits per heavy atom. The van der Waals surface area contributed by atoms with E-state index in [-0.39, 0.29) is 12.1 Å². The maximum Gasteiger partial charge on any atom is 0.322 e. The van der Waals surface area contributed by atoms with Crippen LogP contribution in [0.15, 0.2) is 77.8 Å². The van der Waals surface area contributed by atoms with Crippen LogP contribution in [0.4, 0.5) is 16.2 Å². The topological polar surface area (TPSA) is 93.0 Å². The van der Waals surface area contributed by atoms with Crippen LogP contribution in [0, 0.1) is 25.3 Å². The zero-order valence-electron chi connectivity index (χ0n) is 20.7. The minimum absolute atomic E-state index is 0.178. The Hall–Kier alpha value is -4.51. The maximum absolute atomic E-state index is 13.5. The van der Waals surface area contributed by atoms with Crippen molar-refractivity contribution in [3.8, 4) is 11.9 Å². The van der Waals surface area contributed by atoms with E-state index in [2.05, 4.69) is 10.6 Å². The SMILES string of the molecule is COc1ccc(NC(=O)N2CCN(C(=Nc3ccccc3C)NC#N)CC2c2ccccc2)c(C)c1. The molecule has 1 fully saturated rings. The van der Waals surface area contributed by atoms with Crippen LogP contribution < -0.4 is 15.4 Å². The summed E-state index contributed by atoms with van der Waals surface area (Å²) in [7, 11) is 1.62. The van der Waals surface area contributed by atoms with Gasteiger partial charge < -0.3 is 19.9 Å². The van der Waals surface area contributed by atoms with Crippen LogP contribution in [0.25, 0.3) is 0 Å². The summed E-state index contributed by atoms with van der Waals surface area (Å²) in [6, 6.07) is 22.9. The van der Waals surface area contributed by atoms with Gasteiger partial charge in [0.05, 0.1) is 18.8 Å². The first-order valence-electron chi connectivity index (χ1n) is 11.8.